The number of hydrogen-bond acceptors (Lipinski definition) is 7. The zero-order chi connectivity index (χ0) is 31.7. The van der Waals surface area contributed by atoms with Crippen molar-refractivity contribution < 1.29 is 38.4 Å². The molecule has 234 valence electrons. The Hall–Kier alpha value is -3.24. The first-order valence-electron chi connectivity index (χ1n) is 15.2. The normalized spacial score (nSPS) is 38.3. The lowest BCUT2D eigenvalue weighted by Gasteiger charge is -2.63. The summed E-state index contributed by atoms with van der Waals surface area (Å²) < 4.78 is 39.5. The average molecular weight is 608 g/mol. The lowest BCUT2D eigenvalue weighted by atomic mass is 9.44. The molecule has 0 radical (unpaired) electrons. The molecule has 2 aromatic rings. The van der Waals surface area contributed by atoms with Gasteiger partial charge in [0, 0.05) is 28.0 Å². The summed E-state index contributed by atoms with van der Waals surface area (Å²) in [4.78, 5) is 25.7. The molecule has 0 spiro atoms. The minimum atomic E-state index is -2.31. The Labute approximate surface area is 255 Å². The molecule has 0 aromatic heterocycles. The number of aliphatic hydroxyl groups excluding tert-OH is 3. The Morgan fingerprint density at radius 2 is 1.86 bits per heavy atom. The highest BCUT2D eigenvalue weighted by molar-refractivity contribution is 6.01. The molecule has 9 atom stereocenters. The molecule has 44 heavy (non-hydrogen) atoms. The number of hydrogen-bond donors (Lipinski definition) is 4. The number of carbonyl (C=O) groups is 2. The molecular formula is C35H39F2NO6. The largest absolute Gasteiger partial charge is 0.399 e. The van der Waals surface area contributed by atoms with Crippen molar-refractivity contribution >= 4 is 17.3 Å². The van der Waals surface area contributed by atoms with E-state index in [1.165, 1.54) is 19.1 Å². The molecule has 1 unspecified atom stereocenters. The SMILES string of the molecule is C[C@]12C=CC(=O)C=C1[C@@H](F)C[C@H]1C3CC[C@](O[C@@H](O)c4ccc(Cc5cccc(N)c5)cc4)(C(=O)CO)[C@@]3(C)C[C@H](O)[C@@]12F. The lowest BCUT2D eigenvalue weighted by Crippen LogP contribution is -2.70. The summed E-state index contributed by atoms with van der Waals surface area (Å²) in [7, 11) is 0. The van der Waals surface area contributed by atoms with Crippen LogP contribution in [0.1, 0.15) is 62.5 Å². The van der Waals surface area contributed by atoms with Gasteiger partial charge in [0.1, 0.15) is 18.4 Å². The summed E-state index contributed by atoms with van der Waals surface area (Å²) in [6.07, 6.45) is -0.630. The number of nitrogens with two attached hydrogens (primary N) is 1. The number of carbonyl (C=O) groups excluding carboxylic acids is 2. The second-order valence-corrected chi connectivity index (χ2v) is 13.4. The van der Waals surface area contributed by atoms with Crippen LogP contribution in [0.4, 0.5) is 14.5 Å². The van der Waals surface area contributed by atoms with Gasteiger partial charge in [-0.25, -0.2) is 8.78 Å². The zero-order valence-electron chi connectivity index (χ0n) is 24.9. The number of aliphatic hydroxyl groups is 3. The number of fused-ring (bicyclic) bond motifs is 5. The van der Waals surface area contributed by atoms with Gasteiger partial charge in [-0.15, -0.1) is 0 Å². The number of halogens is 2. The van der Waals surface area contributed by atoms with Gasteiger partial charge >= 0.3 is 0 Å². The highest BCUT2D eigenvalue weighted by atomic mass is 19.1. The van der Waals surface area contributed by atoms with E-state index in [-0.39, 0.29) is 31.3 Å². The number of allylic oxidation sites excluding steroid dienone is 4. The Kier molecular flexibility index (Phi) is 7.47. The molecule has 0 heterocycles. The molecule has 2 aromatic carbocycles. The smallest absolute Gasteiger partial charge is 0.190 e. The van der Waals surface area contributed by atoms with Crippen molar-refractivity contribution in [2.45, 2.75) is 75.8 Å². The van der Waals surface area contributed by atoms with Crippen LogP contribution in [0, 0.1) is 22.7 Å². The van der Waals surface area contributed by atoms with Crippen molar-refractivity contribution in [2.24, 2.45) is 22.7 Å². The Morgan fingerprint density at radius 1 is 1.14 bits per heavy atom. The fourth-order valence-electron chi connectivity index (χ4n) is 9.03. The number of rotatable bonds is 7. The molecule has 5 N–H and O–H groups in total. The van der Waals surface area contributed by atoms with Crippen molar-refractivity contribution in [3.63, 3.8) is 0 Å². The van der Waals surface area contributed by atoms with Gasteiger partial charge in [0.05, 0.1) is 6.10 Å². The summed E-state index contributed by atoms with van der Waals surface area (Å²) >= 11 is 0. The van der Waals surface area contributed by atoms with E-state index in [9.17, 15) is 24.9 Å². The predicted octanol–water partition coefficient (Wildman–Crippen LogP) is 4.49. The van der Waals surface area contributed by atoms with Crippen LogP contribution in [0.25, 0.3) is 0 Å². The van der Waals surface area contributed by atoms with Crippen LogP contribution in [0.3, 0.4) is 0 Å². The third-order valence-corrected chi connectivity index (χ3v) is 11.3. The predicted molar refractivity (Wildman–Crippen MR) is 160 cm³/mol. The van der Waals surface area contributed by atoms with Gasteiger partial charge in [-0.2, -0.15) is 0 Å². The number of ketones is 2. The lowest BCUT2D eigenvalue weighted by molar-refractivity contribution is -0.260. The molecule has 0 bridgehead atoms. The topological polar surface area (TPSA) is 130 Å². The Balaban J connectivity index is 1.31. The van der Waals surface area contributed by atoms with Gasteiger partial charge in [0.15, 0.2) is 23.5 Å². The molecule has 9 heteroatoms. The highest BCUT2D eigenvalue weighted by Gasteiger charge is 2.76. The fourth-order valence-corrected chi connectivity index (χ4v) is 9.03. The number of nitrogen functional groups attached to an aromatic ring is 1. The van der Waals surface area contributed by atoms with Crippen molar-refractivity contribution in [3.8, 4) is 0 Å². The van der Waals surface area contributed by atoms with Crippen LogP contribution >= 0.6 is 0 Å². The minimum Gasteiger partial charge on any atom is -0.399 e. The molecule has 0 aliphatic heterocycles. The summed E-state index contributed by atoms with van der Waals surface area (Å²) in [5.41, 5.74) is 2.11. The average Bonchev–Trinajstić information content (AvgIpc) is 3.27. The van der Waals surface area contributed by atoms with Crippen LogP contribution in [0.15, 0.2) is 72.3 Å². The van der Waals surface area contributed by atoms with Crippen LogP contribution in [-0.2, 0) is 20.7 Å². The number of ether oxygens (including phenoxy) is 1. The molecule has 6 rings (SSSR count). The second-order valence-electron chi connectivity index (χ2n) is 13.4. The fraction of sp³-hybridized carbons (Fsp3) is 0.486. The first-order valence-corrected chi connectivity index (χ1v) is 15.2. The molecule has 3 fully saturated rings. The number of benzene rings is 2. The van der Waals surface area contributed by atoms with Gasteiger partial charge < -0.3 is 25.8 Å². The monoisotopic (exact) mass is 607 g/mol. The first kappa shape index (κ1) is 30.8. The van der Waals surface area contributed by atoms with Crippen molar-refractivity contribution in [1.82, 2.24) is 0 Å². The van der Waals surface area contributed by atoms with Crippen molar-refractivity contribution in [1.29, 1.82) is 0 Å². The van der Waals surface area contributed by atoms with E-state index in [1.54, 1.807) is 19.1 Å². The first-order chi connectivity index (χ1) is 20.8. The third kappa shape index (κ3) is 4.35. The maximum atomic E-state index is 17.5. The molecule has 3 saturated carbocycles. The zero-order valence-corrected chi connectivity index (χ0v) is 24.9. The quantitative estimate of drug-likeness (QED) is 0.270. The third-order valence-electron chi connectivity index (χ3n) is 11.3. The summed E-state index contributed by atoms with van der Waals surface area (Å²) in [5.74, 6) is -2.72. The van der Waals surface area contributed by atoms with E-state index >= 15 is 8.78 Å². The van der Waals surface area contributed by atoms with Gasteiger partial charge in [-0.1, -0.05) is 49.4 Å². The van der Waals surface area contributed by atoms with Gasteiger partial charge in [0.2, 0.25) is 0 Å². The van der Waals surface area contributed by atoms with Gasteiger partial charge in [0.25, 0.3) is 0 Å². The molecule has 4 aliphatic carbocycles. The molecular weight excluding hydrogens is 568 g/mol. The Bertz CT molecular complexity index is 1540. The minimum absolute atomic E-state index is 0.0212. The van der Waals surface area contributed by atoms with Crippen molar-refractivity contribution in [2.75, 3.05) is 12.3 Å². The Morgan fingerprint density at radius 3 is 2.55 bits per heavy atom. The van der Waals surface area contributed by atoms with E-state index in [0.29, 0.717) is 17.7 Å². The van der Waals surface area contributed by atoms with Gasteiger partial charge in [-0.3, -0.25) is 9.59 Å². The second kappa shape index (κ2) is 10.7. The number of anilines is 1. The number of alkyl halides is 2. The van der Waals surface area contributed by atoms with E-state index in [0.717, 1.165) is 17.2 Å². The highest BCUT2D eigenvalue weighted by Crippen LogP contribution is 2.71. The molecule has 7 nitrogen and oxygen atoms in total. The van der Waals surface area contributed by atoms with Crippen LogP contribution in [0.2, 0.25) is 0 Å². The van der Waals surface area contributed by atoms with E-state index in [4.69, 9.17) is 10.5 Å². The van der Waals surface area contributed by atoms with Crippen LogP contribution in [0.5, 0.6) is 0 Å². The van der Waals surface area contributed by atoms with Crippen LogP contribution in [-0.4, -0.2) is 57.0 Å². The van der Waals surface area contributed by atoms with E-state index < -0.39 is 70.7 Å². The maximum Gasteiger partial charge on any atom is 0.190 e. The standard InChI is InChI=1S/C35H39F2NO6/c1-32-12-10-24(40)16-27(32)28(36)17-26-25-11-13-34(30(42)19-39,33(25,2)18-29(41)35(26,32)37)44-31(43)22-8-6-20(7-9-22)14-21-4-3-5-23(38)15-21/h3-10,12,15-16,25-26,28-29,31,39,41,43H,11,13-14,17-19,38H2,1-2H3/t25?,26-,28-,29-,31+,32-,33-,34-,35-/m0/s1. The molecule has 0 saturated heterocycles. The summed E-state index contributed by atoms with van der Waals surface area (Å²) in [5, 5.41) is 33.0. The summed E-state index contributed by atoms with van der Waals surface area (Å²) in [6.45, 7) is 2.35. The van der Waals surface area contributed by atoms with E-state index in [2.05, 4.69) is 0 Å². The molecule has 4 aliphatic rings. The van der Waals surface area contributed by atoms with Crippen LogP contribution < -0.4 is 5.73 Å². The number of Topliss-reactive ketones (excluding diaryl/α,β-unsaturated/α-hetero) is 1. The summed E-state index contributed by atoms with van der Waals surface area (Å²) in [6, 6.07) is 14.6. The van der Waals surface area contributed by atoms with Gasteiger partial charge in [-0.05, 0) is 85.9 Å². The van der Waals surface area contributed by atoms with Crippen molar-refractivity contribution in [3.05, 3.63) is 89.0 Å². The van der Waals surface area contributed by atoms with E-state index in [1.807, 2.05) is 36.4 Å². The molecule has 0 amide bonds. The maximum absolute atomic E-state index is 17.5.